The lowest BCUT2D eigenvalue weighted by Gasteiger charge is -2.38. The lowest BCUT2D eigenvalue weighted by molar-refractivity contribution is -0.385. The van der Waals surface area contributed by atoms with Crippen LogP contribution >= 0.6 is 0 Å². The van der Waals surface area contributed by atoms with E-state index in [2.05, 4.69) is 17.7 Å². The normalized spacial score (nSPS) is 16.1. The van der Waals surface area contributed by atoms with Gasteiger partial charge in [0.05, 0.1) is 4.92 Å². The van der Waals surface area contributed by atoms with Crippen LogP contribution in [0.4, 0.5) is 11.4 Å². The summed E-state index contributed by atoms with van der Waals surface area (Å²) in [6.07, 6.45) is 3.30. The number of rotatable bonds is 5. The van der Waals surface area contributed by atoms with Crippen molar-refractivity contribution in [3.8, 4) is 0 Å². The second kappa shape index (κ2) is 5.46. The van der Waals surface area contributed by atoms with Crippen LogP contribution in [0.15, 0.2) is 18.2 Å². The zero-order valence-corrected chi connectivity index (χ0v) is 11.3. The first kappa shape index (κ1) is 14.3. The van der Waals surface area contributed by atoms with Crippen LogP contribution in [0.1, 0.15) is 36.5 Å². The van der Waals surface area contributed by atoms with E-state index in [9.17, 15) is 14.9 Å². The summed E-state index contributed by atoms with van der Waals surface area (Å²) in [6, 6.07) is 4.12. The number of benzene rings is 1. The number of nitrogens with zero attached hydrogens (tertiary/aromatic N) is 1. The van der Waals surface area contributed by atoms with Crippen molar-refractivity contribution in [2.24, 2.45) is 11.3 Å². The number of nitrogens with one attached hydrogen (secondary N) is 2. The molecule has 1 saturated carbocycles. The lowest BCUT2D eigenvalue weighted by atomic mass is 9.70. The standard InChI is InChI=1S/C13H18N4O3/c1-13(5-2-6-13)8-15-12(18)10-7-9(16-14)3-4-11(10)17(19)20/h3-4,7,16H,2,5-6,8,14H2,1H3,(H,15,18). The molecule has 108 valence electrons. The number of hydrazine groups is 1. The van der Waals surface area contributed by atoms with E-state index in [1.165, 1.54) is 24.6 Å². The Hall–Kier alpha value is -2.15. The van der Waals surface area contributed by atoms with Gasteiger partial charge >= 0.3 is 0 Å². The van der Waals surface area contributed by atoms with E-state index in [-0.39, 0.29) is 16.7 Å². The van der Waals surface area contributed by atoms with E-state index in [0.717, 1.165) is 12.8 Å². The molecule has 0 aromatic heterocycles. The van der Waals surface area contributed by atoms with Gasteiger partial charge in [0.15, 0.2) is 0 Å². The smallest absolute Gasteiger partial charge is 0.282 e. The zero-order chi connectivity index (χ0) is 14.8. The van der Waals surface area contributed by atoms with Crippen molar-refractivity contribution >= 4 is 17.3 Å². The predicted octanol–water partition coefficient (Wildman–Crippen LogP) is 1.80. The number of carbonyl (C=O) groups excluding carboxylic acids is 1. The van der Waals surface area contributed by atoms with Crippen molar-refractivity contribution in [1.29, 1.82) is 0 Å². The van der Waals surface area contributed by atoms with Crippen LogP contribution in [0, 0.1) is 15.5 Å². The number of nitrogen functional groups attached to an aromatic ring is 1. The summed E-state index contributed by atoms with van der Waals surface area (Å²) in [7, 11) is 0. The Labute approximate surface area is 116 Å². The van der Waals surface area contributed by atoms with Gasteiger partial charge in [0, 0.05) is 18.3 Å². The van der Waals surface area contributed by atoms with Gasteiger partial charge < -0.3 is 10.7 Å². The van der Waals surface area contributed by atoms with Crippen LogP contribution in [0.25, 0.3) is 0 Å². The Morgan fingerprint density at radius 2 is 2.20 bits per heavy atom. The summed E-state index contributed by atoms with van der Waals surface area (Å²) in [4.78, 5) is 22.5. The molecule has 0 aliphatic heterocycles. The molecule has 0 bridgehead atoms. The van der Waals surface area contributed by atoms with Gasteiger partial charge in [-0.3, -0.25) is 20.8 Å². The van der Waals surface area contributed by atoms with Gasteiger partial charge in [-0.1, -0.05) is 13.3 Å². The summed E-state index contributed by atoms with van der Waals surface area (Å²) >= 11 is 0. The summed E-state index contributed by atoms with van der Waals surface area (Å²) in [6.45, 7) is 2.63. The molecule has 20 heavy (non-hydrogen) atoms. The summed E-state index contributed by atoms with van der Waals surface area (Å²) in [5, 5.41) is 13.7. The molecule has 2 rings (SSSR count). The molecule has 1 aliphatic carbocycles. The molecule has 0 saturated heterocycles. The fourth-order valence-corrected chi connectivity index (χ4v) is 2.31. The summed E-state index contributed by atoms with van der Waals surface area (Å²) < 4.78 is 0. The predicted molar refractivity (Wildman–Crippen MR) is 75.2 cm³/mol. The fourth-order valence-electron chi connectivity index (χ4n) is 2.31. The Bertz CT molecular complexity index is 540. The quantitative estimate of drug-likeness (QED) is 0.432. The average Bonchev–Trinajstić information content (AvgIpc) is 2.41. The van der Waals surface area contributed by atoms with Gasteiger partial charge in [0.2, 0.25) is 0 Å². The van der Waals surface area contributed by atoms with Crippen LogP contribution in [-0.2, 0) is 0 Å². The first-order chi connectivity index (χ1) is 9.45. The molecule has 1 amide bonds. The number of nitro groups is 1. The van der Waals surface area contributed by atoms with Crippen molar-refractivity contribution in [3.63, 3.8) is 0 Å². The molecular weight excluding hydrogens is 260 g/mol. The van der Waals surface area contributed by atoms with Crippen molar-refractivity contribution in [2.75, 3.05) is 12.0 Å². The average molecular weight is 278 g/mol. The second-order valence-electron chi connectivity index (χ2n) is 5.48. The van der Waals surface area contributed by atoms with Crippen LogP contribution in [0.5, 0.6) is 0 Å². The van der Waals surface area contributed by atoms with Crippen molar-refractivity contribution in [3.05, 3.63) is 33.9 Å². The van der Waals surface area contributed by atoms with Gasteiger partial charge in [0.1, 0.15) is 5.56 Å². The minimum absolute atomic E-state index is 0.0216. The largest absolute Gasteiger partial charge is 0.351 e. The monoisotopic (exact) mass is 278 g/mol. The maximum absolute atomic E-state index is 12.1. The third-order valence-electron chi connectivity index (χ3n) is 3.84. The molecular formula is C13H18N4O3. The van der Waals surface area contributed by atoms with Crippen LogP contribution < -0.4 is 16.6 Å². The third kappa shape index (κ3) is 2.88. The first-order valence-electron chi connectivity index (χ1n) is 6.48. The molecule has 0 radical (unpaired) electrons. The molecule has 4 N–H and O–H groups in total. The first-order valence-corrected chi connectivity index (χ1v) is 6.48. The van der Waals surface area contributed by atoms with Gasteiger partial charge in [-0.05, 0) is 30.4 Å². The fraction of sp³-hybridized carbons (Fsp3) is 0.462. The van der Waals surface area contributed by atoms with E-state index in [0.29, 0.717) is 12.2 Å². The van der Waals surface area contributed by atoms with Crippen LogP contribution in [-0.4, -0.2) is 17.4 Å². The number of carbonyl (C=O) groups is 1. The summed E-state index contributed by atoms with van der Waals surface area (Å²) in [5.41, 5.74) is 2.75. The molecule has 0 heterocycles. The minimum Gasteiger partial charge on any atom is -0.351 e. The van der Waals surface area contributed by atoms with Crippen molar-refractivity contribution in [1.82, 2.24) is 5.32 Å². The highest BCUT2D eigenvalue weighted by Crippen LogP contribution is 2.39. The molecule has 7 heteroatoms. The molecule has 0 spiro atoms. The summed E-state index contributed by atoms with van der Waals surface area (Å²) in [5.74, 6) is 4.82. The molecule has 1 fully saturated rings. The number of amides is 1. The zero-order valence-electron chi connectivity index (χ0n) is 11.3. The van der Waals surface area contributed by atoms with Crippen LogP contribution in [0.2, 0.25) is 0 Å². The van der Waals surface area contributed by atoms with E-state index >= 15 is 0 Å². The number of anilines is 1. The van der Waals surface area contributed by atoms with E-state index in [1.807, 2.05) is 0 Å². The topological polar surface area (TPSA) is 110 Å². The highest BCUT2D eigenvalue weighted by molar-refractivity contribution is 5.99. The molecule has 1 aliphatic rings. The van der Waals surface area contributed by atoms with Crippen molar-refractivity contribution < 1.29 is 9.72 Å². The Morgan fingerprint density at radius 3 is 2.70 bits per heavy atom. The molecule has 1 aromatic carbocycles. The Morgan fingerprint density at radius 1 is 1.50 bits per heavy atom. The van der Waals surface area contributed by atoms with Gasteiger partial charge in [-0.25, -0.2) is 0 Å². The number of hydrogen-bond donors (Lipinski definition) is 3. The highest BCUT2D eigenvalue weighted by Gasteiger charge is 2.32. The van der Waals surface area contributed by atoms with Gasteiger partial charge in [0.25, 0.3) is 11.6 Å². The van der Waals surface area contributed by atoms with E-state index < -0.39 is 10.8 Å². The van der Waals surface area contributed by atoms with Gasteiger partial charge in [-0.15, -0.1) is 0 Å². The van der Waals surface area contributed by atoms with E-state index in [4.69, 9.17) is 5.84 Å². The number of hydrogen-bond acceptors (Lipinski definition) is 5. The molecule has 7 nitrogen and oxygen atoms in total. The maximum atomic E-state index is 12.1. The second-order valence-corrected chi connectivity index (χ2v) is 5.48. The number of nitro benzene ring substituents is 1. The molecule has 0 unspecified atom stereocenters. The minimum atomic E-state index is -0.569. The number of nitrogens with two attached hydrogens (primary N) is 1. The molecule has 1 aromatic rings. The van der Waals surface area contributed by atoms with Crippen LogP contribution in [0.3, 0.4) is 0 Å². The van der Waals surface area contributed by atoms with E-state index in [1.54, 1.807) is 0 Å². The third-order valence-corrected chi connectivity index (χ3v) is 3.84. The van der Waals surface area contributed by atoms with Crippen molar-refractivity contribution in [2.45, 2.75) is 26.2 Å². The Kier molecular flexibility index (Phi) is 3.89. The maximum Gasteiger partial charge on any atom is 0.282 e. The highest BCUT2D eigenvalue weighted by atomic mass is 16.6. The van der Waals surface area contributed by atoms with Gasteiger partial charge in [-0.2, -0.15) is 0 Å². The Balaban J connectivity index is 2.16. The molecule has 0 atom stereocenters. The lowest BCUT2D eigenvalue weighted by Crippen LogP contribution is -2.40. The SMILES string of the molecule is CC1(CNC(=O)c2cc(NN)ccc2[N+](=O)[O-])CCC1.